The standard InChI is InChI=1S/C16H22N10/c1-11-7-13(21-16(17)20-11)25-5-3-12(4-6-25)15-23-22-14(24(15)2)8-26-10-18-9-19-26/h7,9-10,12H,3-6,8H2,1-2H3,(H2,17,20,21). The van der Waals surface area contributed by atoms with Gasteiger partial charge in [-0.3, -0.25) is 0 Å². The van der Waals surface area contributed by atoms with E-state index in [4.69, 9.17) is 5.73 Å². The molecule has 0 unspecified atom stereocenters. The summed E-state index contributed by atoms with van der Waals surface area (Å²) in [5.74, 6) is 3.52. The Bertz CT molecular complexity index is 856. The second kappa shape index (κ2) is 6.70. The predicted molar refractivity (Wildman–Crippen MR) is 95.5 cm³/mol. The molecule has 10 heteroatoms. The van der Waals surface area contributed by atoms with Crippen LogP contribution in [0.3, 0.4) is 0 Å². The molecule has 136 valence electrons. The van der Waals surface area contributed by atoms with E-state index in [-0.39, 0.29) is 0 Å². The molecule has 0 aliphatic carbocycles. The molecule has 3 aromatic heterocycles. The first-order valence-electron chi connectivity index (χ1n) is 8.67. The van der Waals surface area contributed by atoms with E-state index in [1.807, 2.05) is 20.0 Å². The molecule has 0 aromatic carbocycles. The summed E-state index contributed by atoms with van der Waals surface area (Å²) in [5, 5.41) is 12.9. The summed E-state index contributed by atoms with van der Waals surface area (Å²) in [4.78, 5) is 14.7. The monoisotopic (exact) mass is 354 g/mol. The fourth-order valence-corrected chi connectivity index (χ4v) is 3.43. The first-order chi connectivity index (χ1) is 12.6. The Kier molecular flexibility index (Phi) is 4.23. The number of aryl methyl sites for hydroxylation is 1. The summed E-state index contributed by atoms with van der Waals surface area (Å²) in [6.07, 6.45) is 5.20. The summed E-state index contributed by atoms with van der Waals surface area (Å²) in [5.41, 5.74) is 6.67. The third kappa shape index (κ3) is 3.22. The minimum absolute atomic E-state index is 0.327. The molecule has 0 atom stereocenters. The largest absolute Gasteiger partial charge is 0.368 e. The van der Waals surface area contributed by atoms with Crippen LogP contribution in [0, 0.1) is 6.92 Å². The molecular weight excluding hydrogens is 332 g/mol. The first kappa shape index (κ1) is 16.4. The predicted octanol–water partition coefficient (Wildman–Crippen LogP) is 0.520. The van der Waals surface area contributed by atoms with Crippen molar-refractivity contribution in [1.82, 2.24) is 39.5 Å². The highest BCUT2D eigenvalue weighted by Crippen LogP contribution is 2.29. The van der Waals surface area contributed by atoms with Crippen LogP contribution in [0.5, 0.6) is 0 Å². The van der Waals surface area contributed by atoms with Gasteiger partial charge in [-0.25, -0.2) is 14.6 Å². The first-order valence-corrected chi connectivity index (χ1v) is 8.67. The lowest BCUT2D eigenvalue weighted by Crippen LogP contribution is -2.34. The van der Waals surface area contributed by atoms with Gasteiger partial charge in [0.1, 0.15) is 30.8 Å². The molecule has 4 rings (SSSR count). The van der Waals surface area contributed by atoms with Crippen LogP contribution in [0.1, 0.15) is 36.1 Å². The van der Waals surface area contributed by atoms with Crippen molar-refractivity contribution in [1.29, 1.82) is 0 Å². The Labute approximate surface area is 151 Å². The van der Waals surface area contributed by atoms with Gasteiger partial charge < -0.3 is 15.2 Å². The number of nitrogens with two attached hydrogens (primary N) is 1. The van der Waals surface area contributed by atoms with Crippen molar-refractivity contribution in [2.24, 2.45) is 7.05 Å². The summed E-state index contributed by atoms with van der Waals surface area (Å²) >= 11 is 0. The number of nitrogens with zero attached hydrogens (tertiary/aromatic N) is 9. The van der Waals surface area contributed by atoms with E-state index in [0.717, 1.165) is 49.1 Å². The maximum absolute atomic E-state index is 5.78. The van der Waals surface area contributed by atoms with Gasteiger partial charge in [0.15, 0.2) is 5.82 Å². The lowest BCUT2D eigenvalue weighted by Gasteiger charge is -2.32. The topological polar surface area (TPSA) is 116 Å². The zero-order valence-electron chi connectivity index (χ0n) is 14.9. The van der Waals surface area contributed by atoms with Gasteiger partial charge in [0, 0.05) is 37.8 Å². The Morgan fingerprint density at radius 2 is 2.00 bits per heavy atom. The van der Waals surface area contributed by atoms with Gasteiger partial charge in [0.2, 0.25) is 5.95 Å². The Morgan fingerprint density at radius 3 is 2.69 bits per heavy atom. The maximum Gasteiger partial charge on any atom is 0.222 e. The molecule has 0 amide bonds. The molecule has 0 saturated carbocycles. The lowest BCUT2D eigenvalue weighted by atomic mass is 9.96. The Morgan fingerprint density at radius 1 is 1.19 bits per heavy atom. The second-order valence-electron chi connectivity index (χ2n) is 6.61. The number of rotatable bonds is 4. The van der Waals surface area contributed by atoms with Gasteiger partial charge in [-0.05, 0) is 19.8 Å². The highest BCUT2D eigenvalue weighted by atomic mass is 15.4. The molecule has 3 aromatic rings. The molecule has 0 bridgehead atoms. The molecule has 0 spiro atoms. The number of nitrogen functional groups attached to an aromatic ring is 1. The highest BCUT2D eigenvalue weighted by Gasteiger charge is 2.26. The van der Waals surface area contributed by atoms with Crippen LogP contribution < -0.4 is 10.6 Å². The number of aromatic nitrogens is 8. The summed E-state index contributed by atoms with van der Waals surface area (Å²) in [6, 6.07) is 1.98. The second-order valence-corrected chi connectivity index (χ2v) is 6.61. The number of anilines is 2. The normalized spacial score (nSPS) is 15.5. The van der Waals surface area contributed by atoms with Gasteiger partial charge in [-0.15, -0.1) is 10.2 Å². The van der Waals surface area contributed by atoms with Crippen LogP contribution in [0.2, 0.25) is 0 Å². The van der Waals surface area contributed by atoms with E-state index in [1.165, 1.54) is 6.33 Å². The minimum atomic E-state index is 0.327. The van der Waals surface area contributed by atoms with Gasteiger partial charge in [-0.1, -0.05) is 0 Å². The van der Waals surface area contributed by atoms with Gasteiger partial charge in [-0.2, -0.15) is 10.1 Å². The maximum atomic E-state index is 5.78. The molecule has 1 fully saturated rings. The molecule has 1 saturated heterocycles. The molecule has 0 radical (unpaired) electrons. The fraction of sp³-hybridized carbons (Fsp3) is 0.500. The average molecular weight is 354 g/mol. The van der Waals surface area contributed by atoms with E-state index in [1.54, 1.807) is 11.0 Å². The van der Waals surface area contributed by atoms with E-state index in [9.17, 15) is 0 Å². The van der Waals surface area contributed by atoms with E-state index in [2.05, 4.69) is 39.7 Å². The van der Waals surface area contributed by atoms with Crippen LogP contribution in [-0.2, 0) is 13.6 Å². The molecule has 26 heavy (non-hydrogen) atoms. The van der Waals surface area contributed by atoms with Crippen LogP contribution in [-0.4, -0.2) is 52.6 Å². The SMILES string of the molecule is Cc1cc(N2CCC(c3nnc(Cn4cncn4)n3C)CC2)nc(N)n1. The Hall–Kier alpha value is -3.04. The zero-order valence-corrected chi connectivity index (χ0v) is 14.9. The average Bonchev–Trinajstić information content (AvgIpc) is 3.25. The molecular formula is C16H22N10. The molecule has 4 heterocycles. The molecule has 2 N–H and O–H groups in total. The van der Waals surface area contributed by atoms with Crippen molar-refractivity contribution < 1.29 is 0 Å². The van der Waals surface area contributed by atoms with E-state index < -0.39 is 0 Å². The van der Waals surface area contributed by atoms with Crippen molar-refractivity contribution in [3.63, 3.8) is 0 Å². The van der Waals surface area contributed by atoms with Gasteiger partial charge in [0.25, 0.3) is 0 Å². The third-order valence-electron chi connectivity index (χ3n) is 4.81. The Balaban J connectivity index is 1.44. The number of hydrogen-bond donors (Lipinski definition) is 1. The molecule has 10 nitrogen and oxygen atoms in total. The molecule has 1 aliphatic heterocycles. The smallest absolute Gasteiger partial charge is 0.222 e. The van der Waals surface area contributed by atoms with Crippen LogP contribution in [0.25, 0.3) is 0 Å². The third-order valence-corrected chi connectivity index (χ3v) is 4.81. The molecule has 1 aliphatic rings. The van der Waals surface area contributed by atoms with Crippen molar-refractivity contribution in [3.8, 4) is 0 Å². The number of piperidine rings is 1. The van der Waals surface area contributed by atoms with Crippen molar-refractivity contribution in [2.45, 2.75) is 32.2 Å². The van der Waals surface area contributed by atoms with Gasteiger partial charge in [0.05, 0.1) is 0 Å². The van der Waals surface area contributed by atoms with Crippen LogP contribution in [0.4, 0.5) is 11.8 Å². The zero-order chi connectivity index (χ0) is 18.1. The van der Waals surface area contributed by atoms with E-state index in [0.29, 0.717) is 18.4 Å². The highest BCUT2D eigenvalue weighted by molar-refractivity contribution is 5.43. The van der Waals surface area contributed by atoms with Crippen LogP contribution in [0.15, 0.2) is 18.7 Å². The fourth-order valence-electron chi connectivity index (χ4n) is 3.43. The van der Waals surface area contributed by atoms with E-state index >= 15 is 0 Å². The summed E-state index contributed by atoms with van der Waals surface area (Å²) in [6.45, 7) is 4.32. The summed E-state index contributed by atoms with van der Waals surface area (Å²) < 4.78 is 3.83. The summed E-state index contributed by atoms with van der Waals surface area (Å²) in [7, 11) is 2.02. The number of hydrogen-bond acceptors (Lipinski definition) is 8. The minimum Gasteiger partial charge on any atom is -0.368 e. The van der Waals surface area contributed by atoms with Crippen molar-refractivity contribution >= 4 is 11.8 Å². The quantitative estimate of drug-likeness (QED) is 0.721. The van der Waals surface area contributed by atoms with Crippen molar-refractivity contribution in [2.75, 3.05) is 23.7 Å². The van der Waals surface area contributed by atoms with Gasteiger partial charge >= 0.3 is 0 Å². The van der Waals surface area contributed by atoms with Crippen molar-refractivity contribution in [3.05, 3.63) is 36.1 Å². The lowest BCUT2D eigenvalue weighted by molar-refractivity contribution is 0.469. The van der Waals surface area contributed by atoms with Crippen LogP contribution >= 0.6 is 0 Å².